The van der Waals surface area contributed by atoms with Crippen molar-refractivity contribution in [2.24, 2.45) is 5.92 Å². The van der Waals surface area contributed by atoms with E-state index in [-0.39, 0.29) is 12.4 Å². The van der Waals surface area contributed by atoms with Gasteiger partial charge in [0.15, 0.2) is 0 Å². The van der Waals surface area contributed by atoms with Crippen LogP contribution in [0.25, 0.3) is 0 Å². The van der Waals surface area contributed by atoms with Crippen molar-refractivity contribution in [3.05, 3.63) is 34.9 Å². The number of halogens is 2. The van der Waals surface area contributed by atoms with E-state index in [0.717, 1.165) is 56.9 Å². The zero-order chi connectivity index (χ0) is 14.7. The predicted octanol–water partition coefficient (Wildman–Crippen LogP) is 3.47. The molecule has 1 unspecified atom stereocenters. The summed E-state index contributed by atoms with van der Waals surface area (Å²) in [5.41, 5.74) is 1.30. The Morgan fingerprint density at radius 1 is 1.18 bits per heavy atom. The third-order valence-electron chi connectivity index (χ3n) is 4.80. The lowest BCUT2D eigenvalue weighted by atomic mass is 9.94. The molecule has 3 nitrogen and oxygen atoms in total. The zero-order valence-corrected chi connectivity index (χ0v) is 14.3. The molecule has 1 aromatic rings. The van der Waals surface area contributed by atoms with Crippen LogP contribution >= 0.6 is 24.0 Å². The minimum atomic E-state index is 0. The summed E-state index contributed by atoms with van der Waals surface area (Å²) in [6, 6.07) is 8.06. The highest BCUT2D eigenvalue weighted by atomic mass is 35.5. The molecule has 2 aliphatic rings. The Hall–Kier alpha value is -0.770. The van der Waals surface area contributed by atoms with Gasteiger partial charge in [-0.3, -0.25) is 4.79 Å². The number of carbonyl (C=O) groups excluding carboxylic acids is 1. The van der Waals surface area contributed by atoms with Gasteiger partial charge in [0.05, 0.1) is 0 Å². The van der Waals surface area contributed by atoms with E-state index < -0.39 is 0 Å². The molecule has 122 valence electrons. The first kappa shape index (κ1) is 17.6. The maximum Gasteiger partial charge on any atom is 0.222 e. The van der Waals surface area contributed by atoms with Crippen LogP contribution in [-0.2, 0) is 4.79 Å². The molecule has 0 bridgehead atoms. The number of rotatable bonds is 3. The third kappa shape index (κ3) is 4.37. The molecule has 2 aliphatic heterocycles. The van der Waals surface area contributed by atoms with Gasteiger partial charge in [-0.15, -0.1) is 12.4 Å². The summed E-state index contributed by atoms with van der Waals surface area (Å²) in [6.07, 6.45) is 4.08. The van der Waals surface area contributed by atoms with Gasteiger partial charge in [0.25, 0.3) is 0 Å². The Morgan fingerprint density at radius 3 is 2.55 bits per heavy atom. The van der Waals surface area contributed by atoms with Crippen molar-refractivity contribution in [1.82, 2.24) is 10.2 Å². The van der Waals surface area contributed by atoms with Crippen LogP contribution in [0.3, 0.4) is 0 Å². The molecule has 22 heavy (non-hydrogen) atoms. The summed E-state index contributed by atoms with van der Waals surface area (Å²) >= 11 is 5.94. The summed E-state index contributed by atoms with van der Waals surface area (Å²) in [5.74, 6) is 1.39. The van der Waals surface area contributed by atoms with E-state index in [4.69, 9.17) is 11.6 Å². The number of benzene rings is 1. The van der Waals surface area contributed by atoms with Gasteiger partial charge in [0.1, 0.15) is 0 Å². The highest BCUT2D eigenvalue weighted by Gasteiger charge is 2.28. The van der Waals surface area contributed by atoms with Crippen LogP contribution in [0.5, 0.6) is 0 Å². The van der Waals surface area contributed by atoms with Crippen LogP contribution < -0.4 is 5.32 Å². The quantitative estimate of drug-likeness (QED) is 0.912. The number of carbonyl (C=O) groups is 1. The largest absolute Gasteiger partial charge is 0.342 e. The zero-order valence-electron chi connectivity index (χ0n) is 12.8. The number of piperidine rings is 1. The molecule has 0 aliphatic carbocycles. The van der Waals surface area contributed by atoms with Gasteiger partial charge in [-0.1, -0.05) is 23.7 Å². The van der Waals surface area contributed by atoms with E-state index in [1.54, 1.807) is 0 Å². The highest BCUT2D eigenvalue weighted by Crippen LogP contribution is 2.29. The van der Waals surface area contributed by atoms with Crippen molar-refractivity contribution < 1.29 is 4.79 Å². The Kier molecular flexibility index (Phi) is 6.54. The second-order valence-electron chi connectivity index (χ2n) is 6.27. The number of nitrogens with zero attached hydrogens (tertiary/aromatic N) is 1. The summed E-state index contributed by atoms with van der Waals surface area (Å²) in [5, 5.41) is 4.13. The topological polar surface area (TPSA) is 32.3 Å². The summed E-state index contributed by atoms with van der Waals surface area (Å²) in [4.78, 5) is 14.5. The number of hydrogen-bond donors (Lipinski definition) is 1. The van der Waals surface area contributed by atoms with Crippen LogP contribution in [0.4, 0.5) is 0 Å². The molecule has 0 saturated carbocycles. The highest BCUT2D eigenvalue weighted by molar-refractivity contribution is 6.30. The molecule has 0 radical (unpaired) electrons. The average molecular weight is 343 g/mol. The first-order valence-electron chi connectivity index (χ1n) is 7.96. The number of amides is 1. The molecule has 0 aromatic heterocycles. The second-order valence-corrected chi connectivity index (χ2v) is 6.71. The molecule has 3 rings (SSSR count). The van der Waals surface area contributed by atoms with Gasteiger partial charge >= 0.3 is 0 Å². The van der Waals surface area contributed by atoms with Crippen LogP contribution in [0, 0.1) is 5.92 Å². The van der Waals surface area contributed by atoms with Crippen molar-refractivity contribution >= 4 is 29.9 Å². The van der Waals surface area contributed by atoms with Crippen molar-refractivity contribution in [3.63, 3.8) is 0 Å². The SMILES string of the molecule is Cl.O=C(CC1CCNCC1)N1CCC(c2ccc(Cl)cc2)C1. The van der Waals surface area contributed by atoms with Crippen LogP contribution in [0.1, 0.15) is 37.2 Å². The average Bonchev–Trinajstić information content (AvgIpc) is 2.99. The fraction of sp³-hybridized carbons (Fsp3) is 0.588. The van der Waals surface area contributed by atoms with Crippen LogP contribution in [0.2, 0.25) is 5.02 Å². The van der Waals surface area contributed by atoms with Crippen LogP contribution in [0.15, 0.2) is 24.3 Å². The first-order valence-corrected chi connectivity index (χ1v) is 8.34. The summed E-state index contributed by atoms with van der Waals surface area (Å²) in [7, 11) is 0. The molecule has 2 heterocycles. The normalized spacial score (nSPS) is 22.4. The molecule has 0 spiro atoms. The van der Waals surface area contributed by atoms with E-state index in [0.29, 0.717) is 17.7 Å². The fourth-order valence-corrected chi connectivity index (χ4v) is 3.58. The van der Waals surface area contributed by atoms with Crippen LogP contribution in [-0.4, -0.2) is 37.0 Å². The Bertz CT molecular complexity index is 486. The lowest BCUT2D eigenvalue weighted by Crippen LogP contribution is -2.34. The number of nitrogens with one attached hydrogen (secondary N) is 1. The van der Waals surface area contributed by atoms with E-state index in [1.165, 1.54) is 5.56 Å². The smallest absolute Gasteiger partial charge is 0.222 e. The standard InChI is InChI=1S/C17H23ClN2O.ClH/c18-16-3-1-14(2-4-16)15-7-10-20(12-15)17(21)11-13-5-8-19-9-6-13;/h1-4,13,15,19H,5-12H2;1H. The van der Waals surface area contributed by atoms with Gasteiger partial charge in [0, 0.05) is 30.5 Å². The lowest BCUT2D eigenvalue weighted by Gasteiger charge is -2.24. The van der Waals surface area contributed by atoms with Gasteiger partial charge in [0.2, 0.25) is 5.91 Å². The molecule has 2 fully saturated rings. The number of hydrogen-bond acceptors (Lipinski definition) is 2. The second kappa shape index (κ2) is 8.19. The molecule has 2 saturated heterocycles. The van der Waals surface area contributed by atoms with E-state index in [9.17, 15) is 4.79 Å². The Labute approximate surface area is 143 Å². The van der Waals surface area contributed by atoms with Gasteiger partial charge in [-0.05, 0) is 56.0 Å². The fourth-order valence-electron chi connectivity index (χ4n) is 3.46. The summed E-state index contributed by atoms with van der Waals surface area (Å²) < 4.78 is 0. The van der Waals surface area contributed by atoms with Gasteiger partial charge < -0.3 is 10.2 Å². The van der Waals surface area contributed by atoms with Crippen molar-refractivity contribution in [2.45, 2.75) is 31.6 Å². The maximum atomic E-state index is 12.4. The molecular formula is C17H24Cl2N2O. The molecule has 1 amide bonds. The third-order valence-corrected chi connectivity index (χ3v) is 5.06. The Balaban J connectivity index is 0.00000176. The Morgan fingerprint density at radius 2 is 1.86 bits per heavy atom. The first-order chi connectivity index (χ1) is 10.2. The minimum absolute atomic E-state index is 0. The monoisotopic (exact) mass is 342 g/mol. The molecule has 5 heteroatoms. The van der Waals surface area contributed by atoms with Gasteiger partial charge in [-0.25, -0.2) is 0 Å². The molecular weight excluding hydrogens is 319 g/mol. The van der Waals surface area contributed by atoms with Crippen molar-refractivity contribution in [2.75, 3.05) is 26.2 Å². The molecule has 1 aromatic carbocycles. The van der Waals surface area contributed by atoms with E-state index in [2.05, 4.69) is 22.3 Å². The van der Waals surface area contributed by atoms with Crippen molar-refractivity contribution in [1.29, 1.82) is 0 Å². The van der Waals surface area contributed by atoms with E-state index in [1.807, 2.05) is 12.1 Å². The molecule has 1 N–H and O–H groups in total. The van der Waals surface area contributed by atoms with Gasteiger partial charge in [-0.2, -0.15) is 0 Å². The lowest BCUT2D eigenvalue weighted by molar-refractivity contribution is -0.131. The summed E-state index contributed by atoms with van der Waals surface area (Å²) in [6.45, 7) is 3.89. The maximum absolute atomic E-state index is 12.4. The molecule has 1 atom stereocenters. The minimum Gasteiger partial charge on any atom is -0.342 e. The van der Waals surface area contributed by atoms with Crippen molar-refractivity contribution in [3.8, 4) is 0 Å². The van der Waals surface area contributed by atoms with E-state index >= 15 is 0 Å². The number of likely N-dealkylation sites (tertiary alicyclic amines) is 1. The predicted molar refractivity (Wildman–Crippen MR) is 92.8 cm³/mol.